The van der Waals surface area contributed by atoms with Crippen molar-refractivity contribution in [1.29, 1.82) is 0 Å². The molecule has 1 aliphatic heterocycles. The average molecular weight is 143 g/mol. The molecule has 0 spiro atoms. The Bertz CT molecular complexity index is 150. The van der Waals surface area contributed by atoms with E-state index in [1.54, 1.807) is 0 Å². The van der Waals surface area contributed by atoms with Crippen LogP contribution in [0.15, 0.2) is 0 Å². The van der Waals surface area contributed by atoms with Crippen molar-refractivity contribution in [1.82, 2.24) is 5.32 Å². The molecule has 3 nitrogen and oxygen atoms in total. The van der Waals surface area contributed by atoms with Gasteiger partial charge in [0.25, 0.3) is 0 Å². The molecule has 1 heterocycles. The molecule has 0 radical (unpaired) electrons. The predicted octanol–water partition coefficient (Wildman–Crippen LogP) is 0.459. The summed E-state index contributed by atoms with van der Waals surface area (Å²) in [7, 11) is 0. The maximum Gasteiger partial charge on any atom is 0.325 e. The number of carbonyl (C=O) groups is 1. The zero-order valence-corrected chi connectivity index (χ0v) is 6.35. The minimum atomic E-state index is -0.707. The number of hydrogen-bond donors (Lipinski definition) is 2. The maximum atomic E-state index is 10.6. The van der Waals surface area contributed by atoms with Gasteiger partial charge in [0.15, 0.2) is 0 Å². The Morgan fingerprint density at radius 3 is 2.40 bits per heavy atom. The van der Waals surface area contributed by atoms with E-state index in [1.165, 1.54) is 0 Å². The van der Waals surface area contributed by atoms with Crippen molar-refractivity contribution >= 4 is 5.97 Å². The Morgan fingerprint density at radius 2 is 2.30 bits per heavy atom. The summed E-state index contributed by atoms with van der Waals surface area (Å²) in [6, 6.07) is 0. The van der Waals surface area contributed by atoms with Crippen molar-refractivity contribution < 1.29 is 9.90 Å². The monoisotopic (exact) mass is 143 g/mol. The highest BCUT2D eigenvalue weighted by atomic mass is 16.4. The van der Waals surface area contributed by atoms with Crippen LogP contribution in [0.3, 0.4) is 0 Å². The fourth-order valence-electron chi connectivity index (χ4n) is 1.19. The van der Waals surface area contributed by atoms with Gasteiger partial charge in [-0.1, -0.05) is 13.8 Å². The van der Waals surface area contributed by atoms with Gasteiger partial charge in [-0.15, -0.1) is 0 Å². The van der Waals surface area contributed by atoms with Crippen LogP contribution in [0.4, 0.5) is 0 Å². The molecular weight excluding hydrogens is 130 g/mol. The fourth-order valence-corrected chi connectivity index (χ4v) is 1.19. The first-order chi connectivity index (χ1) is 4.57. The van der Waals surface area contributed by atoms with Crippen LogP contribution in [0.1, 0.15) is 20.3 Å². The predicted molar refractivity (Wildman–Crippen MR) is 37.8 cm³/mol. The summed E-state index contributed by atoms with van der Waals surface area (Å²) in [5, 5.41) is 11.6. The molecule has 2 N–H and O–H groups in total. The summed E-state index contributed by atoms with van der Waals surface area (Å²) in [6.07, 6.45) is 0.738. The second-order valence-electron chi connectivity index (χ2n) is 3.34. The van der Waals surface area contributed by atoms with E-state index in [0.29, 0.717) is 12.5 Å². The van der Waals surface area contributed by atoms with Crippen LogP contribution >= 0.6 is 0 Å². The molecule has 1 rings (SSSR count). The van der Waals surface area contributed by atoms with Gasteiger partial charge in [-0.05, 0) is 12.3 Å². The van der Waals surface area contributed by atoms with Gasteiger partial charge >= 0.3 is 5.97 Å². The van der Waals surface area contributed by atoms with Gasteiger partial charge in [0.2, 0.25) is 0 Å². The molecule has 1 saturated heterocycles. The second kappa shape index (κ2) is 2.23. The lowest BCUT2D eigenvalue weighted by molar-refractivity contribution is -0.140. The van der Waals surface area contributed by atoms with Crippen LogP contribution in [0.2, 0.25) is 0 Å². The standard InChI is InChI=1S/C7H13NO2/c1-5(2)3-7(4-8-7)6(9)10/h5,8H,3-4H2,1-2H3,(H,9,10)/t7-/m1/s1. The summed E-state index contributed by atoms with van der Waals surface area (Å²) in [5.41, 5.74) is -0.561. The number of rotatable bonds is 3. The van der Waals surface area contributed by atoms with E-state index < -0.39 is 11.5 Å². The number of hydrogen-bond acceptors (Lipinski definition) is 2. The molecule has 58 valence electrons. The smallest absolute Gasteiger partial charge is 0.325 e. The van der Waals surface area contributed by atoms with Crippen LogP contribution < -0.4 is 5.32 Å². The molecule has 3 heteroatoms. The van der Waals surface area contributed by atoms with E-state index in [0.717, 1.165) is 6.42 Å². The zero-order valence-electron chi connectivity index (χ0n) is 6.35. The lowest BCUT2D eigenvalue weighted by Gasteiger charge is -2.09. The summed E-state index contributed by atoms with van der Waals surface area (Å²) in [5.74, 6) is -0.257. The van der Waals surface area contributed by atoms with Gasteiger partial charge in [-0.3, -0.25) is 10.1 Å². The van der Waals surface area contributed by atoms with Crippen molar-refractivity contribution in [2.45, 2.75) is 25.8 Å². The Labute approximate surface area is 60.4 Å². The zero-order chi connectivity index (χ0) is 7.78. The minimum Gasteiger partial charge on any atom is -0.480 e. The molecule has 0 aromatic rings. The Morgan fingerprint density at radius 1 is 1.80 bits per heavy atom. The Kier molecular flexibility index (Phi) is 1.68. The third kappa shape index (κ3) is 1.29. The van der Waals surface area contributed by atoms with E-state index in [1.807, 2.05) is 13.8 Å². The SMILES string of the molecule is CC(C)C[C@]1(C(=O)O)CN1. The van der Waals surface area contributed by atoms with E-state index in [2.05, 4.69) is 5.32 Å². The molecular formula is C7H13NO2. The molecule has 0 bridgehead atoms. The Hall–Kier alpha value is -0.570. The molecule has 1 atom stereocenters. The molecule has 0 aromatic carbocycles. The molecule has 1 fully saturated rings. The van der Waals surface area contributed by atoms with Crippen molar-refractivity contribution in [3.63, 3.8) is 0 Å². The second-order valence-corrected chi connectivity index (χ2v) is 3.34. The van der Waals surface area contributed by atoms with E-state index in [4.69, 9.17) is 5.11 Å². The van der Waals surface area contributed by atoms with Crippen LogP contribution in [-0.4, -0.2) is 23.2 Å². The molecule has 10 heavy (non-hydrogen) atoms. The van der Waals surface area contributed by atoms with Crippen LogP contribution in [0.25, 0.3) is 0 Å². The fraction of sp³-hybridized carbons (Fsp3) is 0.857. The number of nitrogens with one attached hydrogen (secondary N) is 1. The lowest BCUT2D eigenvalue weighted by atomic mass is 9.97. The summed E-state index contributed by atoms with van der Waals surface area (Å²) in [4.78, 5) is 10.6. The van der Waals surface area contributed by atoms with Crippen LogP contribution in [0.5, 0.6) is 0 Å². The summed E-state index contributed by atoms with van der Waals surface area (Å²) < 4.78 is 0. The molecule has 0 amide bonds. The highest BCUT2D eigenvalue weighted by Crippen LogP contribution is 2.25. The van der Waals surface area contributed by atoms with E-state index >= 15 is 0 Å². The highest BCUT2D eigenvalue weighted by Gasteiger charge is 2.49. The highest BCUT2D eigenvalue weighted by molar-refractivity contribution is 5.82. The van der Waals surface area contributed by atoms with Gasteiger partial charge in [0, 0.05) is 6.54 Å². The first kappa shape index (κ1) is 7.54. The number of aliphatic carboxylic acids is 1. The molecule has 0 unspecified atom stereocenters. The lowest BCUT2D eigenvalue weighted by Crippen LogP contribution is -2.29. The van der Waals surface area contributed by atoms with Crippen LogP contribution in [0, 0.1) is 5.92 Å². The largest absolute Gasteiger partial charge is 0.480 e. The molecule has 1 aliphatic rings. The van der Waals surface area contributed by atoms with Crippen LogP contribution in [-0.2, 0) is 4.79 Å². The first-order valence-electron chi connectivity index (χ1n) is 3.55. The van der Waals surface area contributed by atoms with Crippen molar-refractivity contribution in [2.75, 3.05) is 6.54 Å². The average Bonchev–Trinajstić information content (AvgIpc) is 2.46. The third-order valence-corrected chi connectivity index (χ3v) is 1.77. The van der Waals surface area contributed by atoms with Gasteiger partial charge in [-0.25, -0.2) is 0 Å². The Balaban J connectivity index is 2.45. The normalized spacial score (nSPS) is 30.7. The summed E-state index contributed by atoms with van der Waals surface area (Å²) in [6.45, 7) is 4.70. The van der Waals surface area contributed by atoms with Crippen molar-refractivity contribution in [2.24, 2.45) is 5.92 Å². The molecule has 0 aromatic heterocycles. The molecule has 0 aliphatic carbocycles. The molecule has 0 saturated carbocycles. The number of carboxylic acids is 1. The van der Waals surface area contributed by atoms with Gasteiger partial charge < -0.3 is 5.11 Å². The first-order valence-corrected chi connectivity index (χ1v) is 3.55. The van der Waals surface area contributed by atoms with E-state index in [9.17, 15) is 4.79 Å². The summed E-state index contributed by atoms with van der Waals surface area (Å²) >= 11 is 0. The van der Waals surface area contributed by atoms with Gasteiger partial charge in [0.1, 0.15) is 5.54 Å². The maximum absolute atomic E-state index is 10.6. The minimum absolute atomic E-state index is 0.450. The van der Waals surface area contributed by atoms with Crippen molar-refractivity contribution in [3.05, 3.63) is 0 Å². The topological polar surface area (TPSA) is 59.2 Å². The van der Waals surface area contributed by atoms with Crippen molar-refractivity contribution in [3.8, 4) is 0 Å². The number of carboxylic acid groups (broad SMARTS) is 1. The van der Waals surface area contributed by atoms with Gasteiger partial charge in [-0.2, -0.15) is 0 Å². The quantitative estimate of drug-likeness (QED) is 0.564. The third-order valence-electron chi connectivity index (χ3n) is 1.77. The van der Waals surface area contributed by atoms with E-state index in [-0.39, 0.29) is 0 Å². The van der Waals surface area contributed by atoms with Gasteiger partial charge in [0.05, 0.1) is 0 Å².